The van der Waals surface area contributed by atoms with Crippen molar-refractivity contribution in [1.82, 2.24) is 14.9 Å². The molecule has 28 heavy (non-hydrogen) atoms. The van der Waals surface area contributed by atoms with E-state index in [2.05, 4.69) is 32.3 Å². The van der Waals surface area contributed by atoms with Gasteiger partial charge in [0, 0.05) is 18.9 Å². The first kappa shape index (κ1) is 18.6. The number of hydrogen-bond acceptors (Lipinski definition) is 6. The molecular weight excluding hydrogens is 372 g/mol. The van der Waals surface area contributed by atoms with Crippen LogP contribution in [0.2, 0.25) is 0 Å². The summed E-state index contributed by atoms with van der Waals surface area (Å²) in [6.45, 7) is 2.43. The number of piperidine rings is 1. The minimum Gasteiger partial charge on any atom is -0.481 e. The zero-order valence-corrected chi connectivity index (χ0v) is 16.2. The molecule has 3 heterocycles. The number of pyridine rings is 1. The molecule has 6 nitrogen and oxygen atoms in total. The van der Waals surface area contributed by atoms with Gasteiger partial charge < -0.3 is 10.4 Å². The minimum absolute atomic E-state index is 0.199. The number of rotatable bonds is 6. The molecule has 1 aliphatic rings. The Balaban J connectivity index is 1.38. The molecule has 1 fully saturated rings. The number of anilines is 2. The Kier molecular flexibility index (Phi) is 5.64. The van der Waals surface area contributed by atoms with Crippen LogP contribution in [0, 0.1) is 5.92 Å². The number of hydrogen-bond donors (Lipinski definition) is 2. The molecule has 0 amide bonds. The lowest BCUT2D eigenvalue weighted by atomic mass is 9.97. The van der Waals surface area contributed by atoms with E-state index in [-0.39, 0.29) is 5.92 Å². The van der Waals surface area contributed by atoms with Gasteiger partial charge in [-0.1, -0.05) is 41.7 Å². The summed E-state index contributed by atoms with van der Waals surface area (Å²) in [5, 5.41) is 13.2. The van der Waals surface area contributed by atoms with Crippen LogP contribution in [0.4, 0.5) is 10.9 Å². The van der Waals surface area contributed by atoms with Crippen LogP contribution in [0.1, 0.15) is 18.4 Å². The number of carbonyl (C=O) groups is 1. The van der Waals surface area contributed by atoms with Gasteiger partial charge in [-0.15, -0.1) is 0 Å². The molecule has 144 valence electrons. The highest BCUT2D eigenvalue weighted by Crippen LogP contribution is 2.30. The van der Waals surface area contributed by atoms with Gasteiger partial charge in [-0.25, -0.2) is 9.97 Å². The highest BCUT2D eigenvalue weighted by atomic mass is 32.1. The van der Waals surface area contributed by atoms with Gasteiger partial charge in [0.1, 0.15) is 5.82 Å². The third-order valence-electron chi connectivity index (χ3n) is 4.97. The smallest absolute Gasteiger partial charge is 0.306 e. The van der Waals surface area contributed by atoms with Gasteiger partial charge in [-0.05, 0) is 49.2 Å². The predicted molar refractivity (Wildman–Crippen MR) is 111 cm³/mol. The standard InChI is InChI=1S/C21H22N4O2S/c26-20(27)17-7-10-25(11-8-17)14-15-6-9-22-19(12-15)24-21-23-13-18(28-21)16-4-2-1-3-5-16/h1-6,9,12-13,17H,7-8,10-11,14H2,(H,26,27)(H,22,23,24). The number of likely N-dealkylation sites (tertiary alicyclic amines) is 1. The van der Waals surface area contributed by atoms with E-state index >= 15 is 0 Å². The Morgan fingerprint density at radius 1 is 1.18 bits per heavy atom. The van der Waals surface area contributed by atoms with Crippen molar-refractivity contribution < 1.29 is 9.90 Å². The molecule has 4 rings (SSSR count). The molecule has 3 aromatic rings. The Bertz CT molecular complexity index is 936. The van der Waals surface area contributed by atoms with Crippen LogP contribution >= 0.6 is 11.3 Å². The molecular formula is C21H22N4O2S. The SMILES string of the molecule is O=C(O)C1CCN(Cc2ccnc(Nc3ncc(-c4ccccc4)s3)c2)CC1. The van der Waals surface area contributed by atoms with Crippen molar-refractivity contribution in [3.63, 3.8) is 0 Å². The van der Waals surface area contributed by atoms with E-state index < -0.39 is 5.97 Å². The number of aromatic nitrogens is 2. The lowest BCUT2D eigenvalue weighted by Crippen LogP contribution is -2.35. The van der Waals surface area contributed by atoms with Crippen molar-refractivity contribution in [3.05, 3.63) is 60.4 Å². The molecule has 7 heteroatoms. The summed E-state index contributed by atoms with van der Waals surface area (Å²) < 4.78 is 0. The van der Waals surface area contributed by atoms with Crippen molar-refractivity contribution in [2.75, 3.05) is 18.4 Å². The van der Waals surface area contributed by atoms with Crippen LogP contribution in [0.5, 0.6) is 0 Å². The van der Waals surface area contributed by atoms with Gasteiger partial charge in [-0.2, -0.15) is 0 Å². The number of thiazole rings is 1. The molecule has 0 saturated carbocycles. The minimum atomic E-state index is -0.673. The van der Waals surface area contributed by atoms with E-state index in [1.807, 2.05) is 36.5 Å². The van der Waals surface area contributed by atoms with Crippen LogP contribution in [0.3, 0.4) is 0 Å². The highest BCUT2D eigenvalue weighted by molar-refractivity contribution is 7.18. The van der Waals surface area contributed by atoms with Crippen molar-refractivity contribution in [1.29, 1.82) is 0 Å². The Hall–Kier alpha value is -2.77. The topological polar surface area (TPSA) is 78.3 Å². The summed E-state index contributed by atoms with van der Waals surface area (Å²) in [6, 6.07) is 14.2. The average molecular weight is 395 g/mol. The second-order valence-corrected chi connectivity index (χ2v) is 7.99. The van der Waals surface area contributed by atoms with Crippen molar-refractivity contribution in [2.24, 2.45) is 5.92 Å². The van der Waals surface area contributed by atoms with Crippen molar-refractivity contribution >= 4 is 28.3 Å². The molecule has 0 atom stereocenters. The number of carboxylic acid groups (broad SMARTS) is 1. The van der Waals surface area contributed by atoms with Gasteiger partial charge in [0.25, 0.3) is 0 Å². The fourth-order valence-electron chi connectivity index (χ4n) is 3.41. The number of benzene rings is 1. The van der Waals surface area contributed by atoms with Crippen LogP contribution in [-0.4, -0.2) is 39.0 Å². The molecule has 0 unspecified atom stereocenters. The lowest BCUT2D eigenvalue weighted by molar-refractivity contribution is -0.143. The van der Waals surface area contributed by atoms with Gasteiger partial charge in [0.2, 0.25) is 0 Å². The van der Waals surface area contributed by atoms with E-state index in [1.165, 1.54) is 0 Å². The molecule has 1 aliphatic heterocycles. The largest absolute Gasteiger partial charge is 0.481 e. The van der Waals surface area contributed by atoms with Crippen LogP contribution < -0.4 is 5.32 Å². The van der Waals surface area contributed by atoms with Gasteiger partial charge in [0.05, 0.1) is 10.8 Å². The van der Waals surface area contributed by atoms with Crippen molar-refractivity contribution in [3.8, 4) is 10.4 Å². The van der Waals surface area contributed by atoms with E-state index in [9.17, 15) is 4.79 Å². The molecule has 0 aliphatic carbocycles. The first-order chi connectivity index (χ1) is 13.7. The third kappa shape index (κ3) is 4.55. The summed E-state index contributed by atoms with van der Waals surface area (Å²) in [5.74, 6) is -0.102. The summed E-state index contributed by atoms with van der Waals surface area (Å²) in [7, 11) is 0. The van der Waals surface area contributed by atoms with Gasteiger partial charge in [0.15, 0.2) is 5.13 Å². The fourth-order valence-corrected chi connectivity index (χ4v) is 4.24. The van der Waals surface area contributed by atoms with Crippen LogP contribution in [0.15, 0.2) is 54.9 Å². The zero-order valence-electron chi connectivity index (χ0n) is 15.4. The first-order valence-electron chi connectivity index (χ1n) is 9.36. The van der Waals surface area contributed by atoms with Gasteiger partial charge >= 0.3 is 5.97 Å². The van der Waals surface area contributed by atoms with E-state index in [4.69, 9.17) is 5.11 Å². The normalized spacial score (nSPS) is 15.4. The summed E-state index contributed by atoms with van der Waals surface area (Å²) in [5.41, 5.74) is 2.31. The average Bonchev–Trinajstić information content (AvgIpc) is 3.18. The maximum absolute atomic E-state index is 11.1. The Labute approximate surface area is 167 Å². The maximum atomic E-state index is 11.1. The summed E-state index contributed by atoms with van der Waals surface area (Å²) >= 11 is 1.60. The molecule has 0 spiro atoms. The fraction of sp³-hybridized carbons (Fsp3) is 0.286. The van der Waals surface area contributed by atoms with Crippen LogP contribution in [-0.2, 0) is 11.3 Å². The highest BCUT2D eigenvalue weighted by Gasteiger charge is 2.24. The maximum Gasteiger partial charge on any atom is 0.306 e. The van der Waals surface area contributed by atoms with Crippen LogP contribution in [0.25, 0.3) is 10.4 Å². The van der Waals surface area contributed by atoms with E-state index in [0.717, 1.165) is 46.6 Å². The third-order valence-corrected chi connectivity index (χ3v) is 5.93. The number of nitrogens with zero attached hydrogens (tertiary/aromatic N) is 3. The van der Waals surface area contributed by atoms with E-state index in [0.29, 0.717) is 12.8 Å². The number of nitrogens with one attached hydrogen (secondary N) is 1. The second-order valence-electron chi connectivity index (χ2n) is 6.96. The van der Waals surface area contributed by atoms with Gasteiger partial charge in [-0.3, -0.25) is 9.69 Å². The summed E-state index contributed by atoms with van der Waals surface area (Å²) in [4.78, 5) is 23.4. The quantitative estimate of drug-likeness (QED) is 0.651. The monoisotopic (exact) mass is 394 g/mol. The second kappa shape index (κ2) is 8.50. The molecule has 1 saturated heterocycles. The molecule has 2 aromatic heterocycles. The lowest BCUT2D eigenvalue weighted by Gasteiger charge is -2.30. The van der Waals surface area contributed by atoms with Crippen molar-refractivity contribution in [2.45, 2.75) is 19.4 Å². The first-order valence-corrected chi connectivity index (χ1v) is 10.2. The number of carboxylic acids is 1. The van der Waals surface area contributed by atoms with E-state index in [1.54, 1.807) is 17.5 Å². The number of aliphatic carboxylic acids is 1. The predicted octanol–water partition coefficient (Wildman–Crippen LogP) is 4.25. The Morgan fingerprint density at radius 3 is 2.71 bits per heavy atom. The molecule has 0 radical (unpaired) electrons. The summed E-state index contributed by atoms with van der Waals surface area (Å²) in [6.07, 6.45) is 5.10. The molecule has 1 aromatic carbocycles. The molecule has 0 bridgehead atoms. The Morgan fingerprint density at radius 2 is 1.96 bits per heavy atom. The molecule has 2 N–H and O–H groups in total. The zero-order chi connectivity index (χ0) is 19.3.